The molecule has 0 saturated carbocycles. The summed E-state index contributed by atoms with van der Waals surface area (Å²) in [7, 11) is 1.67. The van der Waals surface area contributed by atoms with Crippen molar-refractivity contribution >= 4 is 17.5 Å². The van der Waals surface area contributed by atoms with Crippen molar-refractivity contribution in [3.8, 4) is 0 Å². The molecule has 0 unspecified atom stereocenters. The molecule has 17 heavy (non-hydrogen) atoms. The second kappa shape index (κ2) is 5.07. The van der Waals surface area contributed by atoms with Crippen LogP contribution in [-0.4, -0.2) is 35.1 Å². The summed E-state index contributed by atoms with van der Waals surface area (Å²) in [4.78, 5) is 13.7. The first-order chi connectivity index (χ1) is 7.79. The zero-order valence-corrected chi connectivity index (χ0v) is 11.4. The molecule has 0 heterocycles. The summed E-state index contributed by atoms with van der Waals surface area (Å²) in [6.07, 6.45) is 0. The van der Waals surface area contributed by atoms with Crippen molar-refractivity contribution in [2.24, 2.45) is 0 Å². The van der Waals surface area contributed by atoms with E-state index in [-0.39, 0.29) is 12.5 Å². The minimum absolute atomic E-state index is 0.0885. The normalized spacial score (nSPS) is 11.4. The molecular weight excluding hydrogens is 238 g/mol. The van der Waals surface area contributed by atoms with Crippen LogP contribution in [0.15, 0.2) is 18.2 Å². The first-order valence-corrected chi connectivity index (χ1v) is 5.82. The molecule has 0 bridgehead atoms. The van der Waals surface area contributed by atoms with Crippen molar-refractivity contribution in [2.75, 3.05) is 13.7 Å². The molecule has 1 aromatic rings. The molecule has 1 rings (SSSR count). The van der Waals surface area contributed by atoms with Gasteiger partial charge in [0.05, 0.1) is 12.1 Å². The fourth-order valence-corrected chi connectivity index (χ4v) is 1.48. The topological polar surface area (TPSA) is 40.5 Å². The highest BCUT2D eigenvalue weighted by Gasteiger charge is 2.27. The first-order valence-electron chi connectivity index (χ1n) is 5.45. The highest BCUT2D eigenvalue weighted by atomic mass is 35.5. The van der Waals surface area contributed by atoms with Crippen molar-refractivity contribution in [2.45, 2.75) is 26.3 Å². The number of halogens is 1. The van der Waals surface area contributed by atoms with Crippen molar-refractivity contribution in [3.05, 3.63) is 34.3 Å². The van der Waals surface area contributed by atoms with Crippen LogP contribution in [0.4, 0.5) is 0 Å². The number of aliphatic hydroxyl groups is 1. The van der Waals surface area contributed by atoms with Crippen LogP contribution in [0.3, 0.4) is 0 Å². The summed E-state index contributed by atoms with van der Waals surface area (Å²) < 4.78 is 0. The van der Waals surface area contributed by atoms with Crippen LogP contribution in [0.25, 0.3) is 0 Å². The van der Waals surface area contributed by atoms with Crippen LogP contribution in [0.1, 0.15) is 29.8 Å². The van der Waals surface area contributed by atoms with E-state index in [0.717, 1.165) is 5.56 Å². The Labute approximate surface area is 107 Å². The first kappa shape index (κ1) is 14.0. The van der Waals surface area contributed by atoms with Gasteiger partial charge in [0.1, 0.15) is 0 Å². The van der Waals surface area contributed by atoms with Gasteiger partial charge in [-0.05, 0) is 38.5 Å². The number of carbonyl (C=O) groups is 1. The molecule has 0 aliphatic carbocycles. The maximum atomic E-state index is 12.2. The van der Waals surface area contributed by atoms with Gasteiger partial charge in [0.2, 0.25) is 0 Å². The summed E-state index contributed by atoms with van der Waals surface area (Å²) in [6.45, 7) is 5.41. The van der Waals surface area contributed by atoms with E-state index in [0.29, 0.717) is 10.6 Å². The van der Waals surface area contributed by atoms with Crippen molar-refractivity contribution < 1.29 is 9.90 Å². The van der Waals surface area contributed by atoms with Gasteiger partial charge >= 0.3 is 0 Å². The minimum Gasteiger partial charge on any atom is -0.394 e. The Hall–Kier alpha value is -1.06. The predicted molar refractivity (Wildman–Crippen MR) is 69.4 cm³/mol. The molecule has 0 atom stereocenters. The smallest absolute Gasteiger partial charge is 0.254 e. The Kier molecular flexibility index (Phi) is 4.17. The number of hydrogen-bond donors (Lipinski definition) is 1. The predicted octanol–water partition coefficient (Wildman–Crippen LogP) is 2.49. The number of rotatable bonds is 3. The lowest BCUT2D eigenvalue weighted by atomic mass is 10.0. The average molecular weight is 256 g/mol. The number of benzene rings is 1. The molecular formula is C13H18ClNO2. The monoisotopic (exact) mass is 255 g/mol. The molecule has 0 spiro atoms. The standard InChI is InChI=1S/C13H18ClNO2/c1-9-5-6-10(7-11(9)14)12(17)15(4)13(2,3)8-16/h5-7,16H,8H2,1-4H3. The maximum Gasteiger partial charge on any atom is 0.254 e. The summed E-state index contributed by atoms with van der Waals surface area (Å²) in [5.41, 5.74) is 0.881. The number of hydrogen-bond acceptors (Lipinski definition) is 2. The van der Waals surface area contributed by atoms with Crippen LogP contribution >= 0.6 is 11.6 Å². The van der Waals surface area contributed by atoms with Gasteiger partial charge in [0, 0.05) is 17.6 Å². The molecule has 94 valence electrons. The van der Waals surface area contributed by atoms with E-state index < -0.39 is 5.54 Å². The molecule has 0 aromatic heterocycles. The van der Waals surface area contributed by atoms with Crippen LogP contribution in [0.5, 0.6) is 0 Å². The van der Waals surface area contributed by atoms with E-state index in [9.17, 15) is 9.90 Å². The minimum atomic E-state index is -0.589. The fraction of sp³-hybridized carbons (Fsp3) is 0.462. The average Bonchev–Trinajstić information content (AvgIpc) is 2.30. The second-order valence-corrected chi connectivity index (χ2v) is 5.21. The molecule has 3 nitrogen and oxygen atoms in total. The van der Waals surface area contributed by atoms with Crippen LogP contribution in [0.2, 0.25) is 5.02 Å². The van der Waals surface area contributed by atoms with Gasteiger partial charge < -0.3 is 10.0 Å². The van der Waals surface area contributed by atoms with E-state index in [1.165, 1.54) is 4.90 Å². The Bertz CT molecular complexity index is 429. The van der Waals surface area contributed by atoms with Gasteiger partial charge in [0.25, 0.3) is 5.91 Å². The Morgan fingerprint density at radius 1 is 1.47 bits per heavy atom. The van der Waals surface area contributed by atoms with Crippen LogP contribution in [-0.2, 0) is 0 Å². The summed E-state index contributed by atoms with van der Waals surface area (Å²) >= 11 is 5.99. The van der Waals surface area contributed by atoms with Crippen molar-refractivity contribution in [1.29, 1.82) is 0 Å². The largest absolute Gasteiger partial charge is 0.394 e. The van der Waals surface area contributed by atoms with E-state index in [1.807, 2.05) is 13.0 Å². The zero-order chi connectivity index (χ0) is 13.2. The lowest BCUT2D eigenvalue weighted by Gasteiger charge is -2.34. The molecule has 1 aromatic carbocycles. The number of amides is 1. The van der Waals surface area contributed by atoms with Gasteiger partial charge in [-0.25, -0.2) is 0 Å². The number of carbonyl (C=O) groups excluding carboxylic acids is 1. The van der Waals surface area contributed by atoms with Crippen LogP contribution in [0, 0.1) is 6.92 Å². The Balaban J connectivity index is 3.01. The van der Waals surface area contributed by atoms with Crippen LogP contribution < -0.4 is 0 Å². The van der Waals surface area contributed by atoms with Gasteiger partial charge in [0.15, 0.2) is 0 Å². The zero-order valence-electron chi connectivity index (χ0n) is 10.6. The molecule has 0 aliphatic heterocycles. The number of aryl methyl sites for hydroxylation is 1. The quantitative estimate of drug-likeness (QED) is 0.902. The van der Waals surface area contributed by atoms with Crippen molar-refractivity contribution in [1.82, 2.24) is 4.90 Å². The second-order valence-electron chi connectivity index (χ2n) is 4.80. The van der Waals surface area contributed by atoms with Gasteiger partial charge in [-0.3, -0.25) is 4.79 Å². The third-order valence-corrected chi connectivity index (χ3v) is 3.43. The van der Waals surface area contributed by atoms with E-state index in [4.69, 9.17) is 11.6 Å². The number of aliphatic hydroxyl groups excluding tert-OH is 1. The Morgan fingerprint density at radius 3 is 2.53 bits per heavy atom. The van der Waals surface area contributed by atoms with E-state index >= 15 is 0 Å². The van der Waals surface area contributed by atoms with E-state index in [1.54, 1.807) is 33.0 Å². The molecule has 4 heteroatoms. The summed E-state index contributed by atoms with van der Waals surface area (Å²) in [5, 5.41) is 9.81. The third kappa shape index (κ3) is 2.99. The van der Waals surface area contributed by atoms with Gasteiger partial charge in [-0.2, -0.15) is 0 Å². The summed E-state index contributed by atoms with van der Waals surface area (Å²) in [6, 6.07) is 5.21. The van der Waals surface area contributed by atoms with Crippen molar-refractivity contribution in [3.63, 3.8) is 0 Å². The molecule has 0 saturated heterocycles. The molecule has 1 amide bonds. The SMILES string of the molecule is Cc1ccc(C(=O)N(C)C(C)(C)CO)cc1Cl. The maximum absolute atomic E-state index is 12.2. The fourth-order valence-electron chi connectivity index (χ4n) is 1.30. The summed E-state index contributed by atoms with van der Waals surface area (Å²) in [5.74, 6) is -0.147. The van der Waals surface area contributed by atoms with Gasteiger partial charge in [-0.15, -0.1) is 0 Å². The lowest BCUT2D eigenvalue weighted by molar-refractivity contribution is 0.0473. The molecule has 0 aliphatic rings. The lowest BCUT2D eigenvalue weighted by Crippen LogP contribution is -2.47. The van der Waals surface area contributed by atoms with E-state index in [2.05, 4.69) is 0 Å². The third-order valence-electron chi connectivity index (χ3n) is 3.02. The van der Waals surface area contributed by atoms with Gasteiger partial charge in [-0.1, -0.05) is 17.7 Å². The number of likely N-dealkylation sites (N-methyl/N-ethyl adjacent to an activating group) is 1. The molecule has 0 radical (unpaired) electrons. The Morgan fingerprint density at radius 2 is 2.06 bits per heavy atom. The molecule has 1 N–H and O–H groups in total. The number of nitrogens with zero attached hydrogens (tertiary/aromatic N) is 1. The highest BCUT2D eigenvalue weighted by molar-refractivity contribution is 6.31. The highest BCUT2D eigenvalue weighted by Crippen LogP contribution is 2.20. The molecule has 0 fully saturated rings.